The van der Waals surface area contributed by atoms with E-state index in [-0.39, 0.29) is 22.8 Å². The maximum Gasteiger partial charge on any atom is 0.123 e. The molecule has 0 radical (unpaired) electrons. The molecule has 2 spiro atoms. The Labute approximate surface area is 224 Å². The van der Waals surface area contributed by atoms with Crippen molar-refractivity contribution in [2.75, 3.05) is 19.8 Å². The van der Waals surface area contributed by atoms with E-state index in [1.807, 2.05) is 31.3 Å². The predicted molar refractivity (Wildman–Crippen MR) is 150 cm³/mol. The highest BCUT2D eigenvalue weighted by atomic mass is 16.5. The summed E-state index contributed by atoms with van der Waals surface area (Å²) in [7, 11) is 3.96. The lowest BCUT2D eigenvalue weighted by Crippen LogP contribution is -2.63. The summed E-state index contributed by atoms with van der Waals surface area (Å²) < 4.78 is 7.33. The molecule has 1 aromatic heterocycles. The summed E-state index contributed by atoms with van der Waals surface area (Å²) in [5.41, 5.74) is 9.39. The Kier molecular flexibility index (Phi) is 4.88. The van der Waals surface area contributed by atoms with Crippen LogP contribution >= 0.6 is 0 Å². The molecule has 6 nitrogen and oxygen atoms in total. The molecule has 1 aromatic carbocycles. The number of allylic oxidation sites excluding steroid dienone is 3. The monoisotopic (exact) mass is 513 g/mol. The molecule has 3 heterocycles. The van der Waals surface area contributed by atoms with Gasteiger partial charge in [-0.05, 0) is 85.0 Å². The van der Waals surface area contributed by atoms with Gasteiger partial charge in [0, 0.05) is 29.0 Å². The average Bonchev–Trinajstić information content (AvgIpc) is 3.40. The molecule has 2 aliphatic heterocycles. The van der Waals surface area contributed by atoms with E-state index in [9.17, 15) is 10.2 Å². The lowest BCUT2D eigenvalue weighted by atomic mass is 9.49. The highest BCUT2D eigenvalue weighted by Crippen LogP contribution is 2.71. The number of benzene rings is 1. The van der Waals surface area contributed by atoms with Crippen LogP contribution in [-0.4, -0.2) is 63.6 Å². The molecule has 6 heteroatoms. The molecule has 1 unspecified atom stereocenters. The van der Waals surface area contributed by atoms with Crippen LogP contribution in [0, 0.1) is 16.7 Å². The molecular formula is C32H39N3O3. The SMILES string of the molecule is CN(C)[C@H]1C[C@@]23CC[C@@]4(O2)C(=CC(C)(C)[C@]2(C)C(c5ccc6cc(N)ncc6c5)=CCC42)C=C3[C@@H](O)[C@@H]1O. The van der Waals surface area contributed by atoms with Gasteiger partial charge in [-0.1, -0.05) is 51.1 Å². The molecule has 2 fully saturated rings. The van der Waals surface area contributed by atoms with Crippen LogP contribution in [0.4, 0.5) is 5.82 Å². The summed E-state index contributed by atoms with van der Waals surface area (Å²) in [6.45, 7) is 7.11. The maximum atomic E-state index is 11.3. The second kappa shape index (κ2) is 7.57. The molecule has 0 amide bonds. The summed E-state index contributed by atoms with van der Waals surface area (Å²) in [4.78, 5) is 6.37. The molecule has 2 aromatic rings. The zero-order valence-corrected chi connectivity index (χ0v) is 23.0. The van der Waals surface area contributed by atoms with Crippen LogP contribution in [0.15, 0.2) is 59.8 Å². The lowest BCUT2D eigenvalue weighted by Gasteiger charge is -2.60. The summed E-state index contributed by atoms with van der Waals surface area (Å²) in [5, 5.41) is 24.5. The highest BCUT2D eigenvalue weighted by molar-refractivity contribution is 5.88. The summed E-state index contributed by atoms with van der Waals surface area (Å²) in [5.74, 6) is 0.815. The first-order valence-electron chi connectivity index (χ1n) is 14.0. The number of hydrogen-bond acceptors (Lipinski definition) is 6. The third kappa shape index (κ3) is 2.90. The third-order valence-electron chi connectivity index (χ3n) is 11.1. The summed E-state index contributed by atoms with van der Waals surface area (Å²) in [6.07, 6.45) is 10.6. The molecule has 1 saturated heterocycles. The van der Waals surface area contributed by atoms with Gasteiger partial charge in [0.05, 0.1) is 17.3 Å². The standard InChI is InChI=1S/C32H39N3O3/c1-29(2)15-21-14-23-27(36)28(37)24(35(4)5)16-31(23)10-11-32(21,38-31)25-9-8-22(30(25,29)3)19-7-6-18-13-26(33)34-17-20(18)12-19/h6-8,12-15,17,24-25,27-28,36-37H,9-11,16H2,1-5H3,(H2,33,34)/t24-,25?,27+,28+,30+,31+,32+/m0/s1. The van der Waals surface area contributed by atoms with Crippen molar-refractivity contribution < 1.29 is 14.9 Å². The first kappa shape index (κ1) is 24.5. The molecule has 200 valence electrons. The molecule has 7 rings (SSSR count). The Morgan fingerprint density at radius 3 is 2.63 bits per heavy atom. The van der Waals surface area contributed by atoms with Crippen molar-refractivity contribution in [2.24, 2.45) is 16.7 Å². The molecular weight excluding hydrogens is 474 g/mol. The van der Waals surface area contributed by atoms with E-state index in [2.05, 4.69) is 62.2 Å². The second-order valence-electron chi connectivity index (χ2n) is 13.4. The smallest absolute Gasteiger partial charge is 0.123 e. The van der Waals surface area contributed by atoms with Crippen molar-refractivity contribution in [3.63, 3.8) is 0 Å². The predicted octanol–water partition coefficient (Wildman–Crippen LogP) is 4.48. The van der Waals surface area contributed by atoms with E-state index in [0.717, 1.165) is 35.6 Å². The number of fused-ring (bicyclic) bond motifs is 2. The van der Waals surface area contributed by atoms with Crippen LogP contribution < -0.4 is 5.73 Å². The fraction of sp³-hybridized carbons (Fsp3) is 0.531. The van der Waals surface area contributed by atoms with Gasteiger partial charge in [0.1, 0.15) is 11.9 Å². The largest absolute Gasteiger partial charge is 0.388 e. The van der Waals surface area contributed by atoms with Crippen LogP contribution in [0.25, 0.3) is 16.3 Å². The van der Waals surface area contributed by atoms with Crippen molar-refractivity contribution >= 4 is 22.2 Å². The number of nitrogen functional groups attached to an aromatic ring is 1. The minimum atomic E-state index is -0.915. The number of anilines is 1. The Balaban J connectivity index is 1.35. The maximum absolute atomic E-state index is 11.3. The number of aliphatic hydroxyl groups is 2. The second-order valence-corrected chi connectivity index (χ2v) is 13.4. The van der Waals surface area contributed by atoms with Gasteiger partial charge < -0.3 is 25.6 Å². The number of aliphatic hydroxyl groups excluding tert-OH is 2. The zero-order chi connectivity index (χ0) is 26.8. The molecule has 3 aliphatic carbocycles. The van der Waals surface area contributed by atoms with Crippen molar-refractivity contribution in [3.05, 3.63) is 65.4 Å². The van der Waals surface area contributed by atoms with Gasteiger partial charge in [-0.3, -0.25) is 0 Å². The van der Waals surface area contributed by atoms with Gasteiger partial charge in [-0.25, -0.2) is 4.98 Å². The number of nitrogens with two attached hydrogens (primary N) is 1. The van der Waals surface area contributed by atoms with Crippen molar-refractivity contribution in [1.82, 2.24) is 9.88 Å². The Morgan fingerprint density at radius 2 is 1.87 bits per heavy atom. The summed E-state index contributed by atoms with van der Waals surface area (Å²) in [6, 6.07) is 8.42. The fourth-order valence-electron chi connectivity index (χ4n) is 8.84. The first-order chi connectivity index (χ1) is 17.9. The zero-order valence-electron chi connectivity index (χ0n) is 23.0. The van der Waals surface area contributed by atoms with E-state index in [1.165, 1.54) is 16.7 Å². The Morgan fingerprint density at radius 1 is 1.08 bits per heavy atom. The molecule has 5 aliphatic rings. The highest BCUT2D eigenvalue weighted by Gasteiger charge is 2.70. The number of hydrogen-bond donors (Lipinski definition) is 3. The fourth-order valence-corrected chi connectivity index (χ4v) is 8.84. The van der Waals surface area contributed by atoms with Crippen LogP contribution in [0.1, 0.15) is 52.0 Å². The van der Waals surface area contributed by atoms with Crippen molar-refractivity contribution in [1.29, 1.82) is 0 Å². The topological polar surface area (TPSA) is 91.8 Å². The van der Waals surface area contributed by atoms with Crippen molar-refractivity contribution in [3.8, 4) is 0 Å². The van der Waals surface area contributed by atoms with Crippen LogP contribution in [0.2, 0.25) is 0 Å². The quantitative estimate of drug-likeness (QED) is 0.549. The molecule has 7 atom stereocenters. The Bertz CT molecular complexity index is 1460. The van der Waals surface area contributed by atoms with Gasteiger partial charge in [0.2, 0.25) is 0 Å². The number of pyridine rings is 1. The van der Waals surface area contributed by atoms with E-state index in [1.54, 1.807) is 0 Å². The molecule has 38 heavy (non-hydrogen) atoms. The number of ether oxygens (including phenoxy) is 1. The van der Waals surface area contributed by atoms with Gasteiger partial charge in [0.25, 0.3) is 0 Å². The third-order valence-corrected chi connectivity index (χ3v) is 11.1. The van der Waals surface area contributed by atoms with Gasteiger partial charge >= 0.3 is 0 Å². The number of likely N-dealkylation sites (N-methyl/N-ethyl adjacent to an activating group) is 1. The van der Waals surface area contributed by atoms with Crippen molar-refractivity contribution in [2.45, 2.75) is 75.9 Å². The number of rotatable bonds is 2. The minimum Gasteiger partial charge on any atom is -0.388 e. The first-order valence-corrected chi connectivity index (χ1v) is 14.0. The van der Waals surface area contributed by atoms with Crippen LogP contribution in [-0.2, 0) is 4.74 Å². The van der Waals surface area contributed by atoms with E-state index in [4.69, 9.17) is 10.5 Å². The Hall–Kier alpha value is -2.51. The number of aromatic nitrogens is 1. The number of nitrogens with zero attached hydrogens (tertiary/aromatic N) is 2. The van der Waals surface area contributed by atoms with Crippen LogP contribution in [0.3, 0.4) is 0 Å². The normalized spacial score (nSPS) is 40.8. The van der Waals surface area contributed by atoms with Gasteiger partial charge in [-0.15, -0.1) is 0 Å². The lowest BCUT2D eigenvalue weighted by molar-refractivity contribution is -0.170. The summed E-state index contributed by atoms with van der Waals surface area (Å²) >= 11 is 0. The van der Waals surface area contributed by atoms with E-state index < -0.39 is 23.4 Å². The minimum absolute atomic E-state index is 0.143. The van der Waals surface area contributed by atoms with Gasteiger partial charge in [-0.2, -0.15) is 0 Å². The van der Waals surface area contributed by atoms with E-state index >= 15 is 0 Å². The van der Waals surface area contributed by atoms with E-state index in [0.29, 0.717) is 12.2 Å². The molecule has 2 bridgehead atoms. The molecule has 4 N–H and O–H groups in total. The van der Waals surface area contributed by atoms with Gasteiger partial charge in [0.15, 0.2) is 0 Å². The van der Waals surface area contributed by atoms with Crippen LogP contribution in [0.5, 0.6) is 0 Å². The molecule has 1 saturated carbocycles. The average molecular weight is 514 g/mol.